The van der Waals surface area contributed by atoms with Crippen LogP contribution in [-0.4, -0.2) is 41.4 Å². The molecular weight excluding hydrogens is 308 g/mol. The maximum atomic E-state index is 12.8. The first-order valence-electron chi connectivity index (χ1n) is 9.29. The van der Waals surface area contributed by atoms with E-state index >= 15 is 0 Å². The molecule has 3 nitrogen and oxygen atoms in total. The van der Waals surface area contributed by atoms with E-state index in [1.54, 1.807) is 0 Å². The van der Waals surface area contributed by atoms with Crippen molar-refractivity contribution < 1.29 is 4.79 Å². The highest BCUT2D eigenvalue weighted by atomic mass is 16.2. The summed E-state index contributed by atoms with van der Waals surface area (Å²) in [6.45, 7) is 8.01. The number of benzene rings is 2. The van der Waals surface area contributed by atoms with Crippen molar-refractivity contribution in [3.63, 3.8) is 0 Å². The largest absolute Gasteiger partial charge is 0.337 e. The Hall–Kier alpha value is -2.13. The third-order valence-electron chi connectivity index (χ3n) is 5.88. The van der Waals surface area contributed by atoms with Gasteiger partial charge in [-0.3, -0.25) is 9.69 Å². The highest BCUT2D eigenvalue weighted by molar-refractivity contribution is 5.94. The zero-order valence-corrected chi connectivity index (χ0v) is 15.2. The normalized spacial score (nSPS) is 20.6. The fourth-order valence-corrected chi connectivity index (χ4v) is 4.11. The third kappa shape index (κ3) is 3.21. The molecule has 0 aliphatic carbocycles. The summed E-state index contributed by atoms with van der Waals surface area (Å²) >= 11 is 0. The fourth-order valence-electron chi connectivity index (χ4n) is 4.11. The molecule has 2 aromatic rings. The van der Waals surface area contributed by atoms with Crippen molar-refractivity contribution in [1.82, 2.24) is 9.80 Å². The van der Waals surface area contributed by atoms with E-state index in [4.69, 9.17) is 0 Å². The van der Waals surface area contributed by atoms with Gasteiger partial charge in [-0.25, -0.2) is 0 Å². The minimum absolute atomic E-state index is 0.183. The fraction of sp³-hybridized carbons (Fsp3) is 0.409. The molecule has 1 atom stereocenters. The van der Waals surface area contributed by atoms with Crippen LogP contribution in [0.5, 0.6) is 0 Å². The lowest BCUT2D eigenvalue weighted by atomic mass is 9.98. The lowest BCUT2D eigenvalue weighted by Crippen LogP contribution is -2.41. The van der Waals surface area contributed by atoms with E-state index in [1.807, 2.05) is 17.0 Å². The summed E-state index contributed by atoms with van der Waals surface area (Å²) in [5, 5.41) is 0. The Morgan fingerprint density at radius 1 is 1.00 bits per heavy atom. The molecule has 2 aliphatic rings. The number of nitrogens with zero attached hydrogens (tertiary/aromatic N) is 2. The monoisotopic (exact) mass is 334 g/mol. The summed E-state index contributed by atoms with van der Waals surface area (Å²) in [6.07, 6.45) is 2.20. The van der Waals surface area contributed by atoms with Crippen LogP contribution in [0.1, 0.15) is 39.0 Å². The number of carbonyl (C=O) groups excluding carboxylic acids is 1. The predicted octanol–water partition coefficient (Wildman–Crippen LogP) is 3.58. The van der Waals surface area contributed by atoms with Gasteiger partial charge in [-0.05, 0) is 61.1 Å². The maximum absolute atomic E-state index is 12.8. The second kappa shape index (κ2) is 6.64. The standard InChI is InChI=1S/C22H26N2O/c1-16-7-8-19(13-17(16)2)22(25)24-12-10-21(15-24)23-11-9-18-5-3-4-6-20(18)14-23/h3-8,13,21H,9-12,14-15H2,1-2H3. The molecule has 0 bridgehead atoms. The number of rotatable bonds is 2. The van der Waals surface area contributed by atoms with E-state index in [1.165, 1.54) is 22.3 Å². The molecule has 1 amide bonds. The molecule has 2 aliphatic heterocycles. The highest BCUT2D eigenvalue weighted by Crippen LogP contribution is 2.25. The Balaban J connectivity index is 1.43. The van der Waals surface area contributed by atoms with E-state index in [-0.39, 0.29) is 5.91 Å². The average Bonchev–Trinajstić information content (AvgIpc) is 3.13. The van der Waals surface area contributed by atoms with Crippen molar-refractivity contribution in [3.8, 4) is 0 Å². The van der Waals surface area contributed by atoms with Gasteiger partial charge >= 0.3 is 0 Å². The molecule has 4 rings (SSSR count). The molecule has 130 valence electrons. The van der Waals surface area contributed by atoms with Crippen LogP contribution in [0.4, 0.5) is 0 Å². The molecule has 1 saturated heterocycles. The summed E-state index contributed by atoms with van der Waals surface area (Å²) in [6, 6.07) is 15.3. The number of amides is 1. The first kappa shape index (κ1) is 16.3. The van der Waals surface area contributed by atoms with Gasteiger partial charge in [-0.2, -0.15) is 0 Å². The van der Waals surface area contributed by atoms with Crippen LogP contribution in [0.25, 0.3) is 0 Å². The highest BCUT2D eigenvalue weighted by Gasteiger charge is 2.32. The van der Waals surface area contributed by atoms with Gasteiger partial charge in [0, 0.05) is 37.8 Å². The van der Waals surface area contributed by atoms with Gasteiger partial charge < -0.3 is 4.90 Å². The minimum Gasteiger partial charge on any atom is -0.337 e. The van der Waals surface area contributed by atoms with E-state index in [9.17, 15) is 4.79 Å². The first-order chi connectivity index (χ1) is 12.1. The van der Waals surface area contributed by atoms with E-state index in [0.717, 1.165) is 44.6 Å². The molecule has 3 heteroatoms. The molecule has 0 N–H and O–H groups in total. The topological polar surface area (TPSA) is 23.6 Å². The number of hydrogen-bond acceptors (Lipinski definition) is 2. The van der Waals surface area contributed by atoms with Crippen LogP contribution in [0.15, 0.2) is 42.5 Å². The summed E-state index contributed by atoms with van der Waals surface area (Å²) in [4.78, 5) is 17.4. The van der Waals surface area contributed by atoms with Crippen molar-refractivity contribution in [3.05, 3.63) is 70.3 Å². The van der Waals surface area contributed by atoms with E-state index in [0.29, 0.717) is 6.04 Å². The SMILES string of the molecule is Cc1ccc(C(=O)N2CCC(N3CCc4ccccc4C3)C2)cc1C. The Morgan fingerprint density at radius 2 is 1.80 bits per heavy atom. The van der Waals surface area contributed by atoms with Gasteiger partial charge in [-0.1, -0.05) is 30.3 Å². The summed E-state index contributed by atoms with van der Waals surface area (Å²) < 4.78 is 0. The molecule has 1 unspecified atom stereocenters. The van der Waals surface area contributed by atoms with Crippen LogP contribution < -0.4 is 0 Å². The second-order valence-corrected chi connectivity index (χ2v) is 7.48. The number of aryl methyl sites for hydroxylation is 2. The Bertz CT molecular complexity index is 798. The van der Waals surface area contributed by atoms with Crippen LogP contribution in [0, 0.1) is 13.8 Å². The third-order valence-corrected chi connectivity index (χ3v) is 5.88. The van der Waals surface area contributed by atoms with Crippen LogP contribution in [-0.2, 0) is 13.0 Å². The summed E-state index contributed by atoms with van der Waals surface area (Å²) in [5.74, 6) is 0.183. The Kier molecular flexibility index (Phi) is 4.34. The van der Waals surface area contributed by atoms with Gasteiger partial charge in [0.25, 0.3) is 5.91 Å². The molecule has 25 heavy (non-hydrogen) atoms. The van der Waals surface area contributed by atoms with Gasteiger partial charge in [0.2, 0.25) is 0 Å². The molecule has 0 radical (unpaired) electrons. The molecule has 1 fully saturated rings. The maximum Gasteiger partial charge on any atom is 0.253 e. The molecule has 2 heterocycles. The van der Waals surface area contributed by atoms with E-state index < -0.39 is 0 Å². The lowest BCUT2D eigenvalue weighted by Gasteiger charge is -2.33. The van der Waals surface area contributed by atoms with Crippen LogP contribution >= 0.6 is 0 Å². The Labute approximate surface area is 150 Å². The van der Waals surface area contributed by atoms with Gasteiger partial charge in [-0.15, -0.1) is 0 Å². The van der Waals surface area contributed by atoms with Crippen LogP contribution in [0.2, 0.25) is 0 Å². The lowest BCUT2D eigenvalue weighted by molar-refractivity contribution is 0.0773. The quantitative estimate of drug-likeness (QED) is 0.838. The van der Waals surface area contributed by atoms with E-state index in [2.05, 4.69) is 49.1 Å². The van der Waals surface area contributed by atoms with Crippen molar-refractivity contribution >= 4 is 5.91 Å². The summed E-state index contributed by atoms with van der Waals surface area (Å²) in [7, 11) is 0. The Morgan fingerprint density at radius 3 is 2.60 bits per heavy atom. The zero-order chi connectivity index (χ0) is 17.4. The number of hydrogen-bond donors (Lipinski definition) is 0. The second-order valence-electron chi connectivity index (χ2n) is 7.48. The van der Waals surface area contributed by atoms with Crippen molar-refractivity contribution in [2.75, 3.05) is 19.6 Å². The molecule has 2 aromatic carbocycles. The van der Waals surface area contributed by atoms with Crippen molar-refractivity contribution in [1.29, 1.82) is 0 Å². The zero-order valence-electron chi connectivity index (χ0n) is 15.2. The number of carbonyl (C=O) groups is 1. The number of likely N-dealkylation sites (tertiary alicyclic amines) is 1. The van der Waals surface area contributed by atoms with Gasteiger partial charge in [0.1, 0.15) is 0 Å². The first-order valence-corrected chi connectivity index (χ1v) is 9.29. The molecule has 0 aromatic heterocycles. The van der Waals surface area contributed by atoms with Crippen LogP contribution in [0.3, 0.4) is 0 Å². The minimum atomic E-state index is 0.183. The predicted molar refractivity (Wildman–Crippen MR) is 101 cm³/mol. The smallest absolute Gasteiger partial charge is 0.253 e. The van der Waals surface area contributed by atoms with Crippen molar-refractivity contribution in [2.24, 2.45) is 0 Å². The van der Waals surface area contributed by atoms with Crippen molar-refractivity contribution in [2.45, 2.75) is 39.3 Å². The number of fused-ring (bicyclic) bond motifs is 1. The summed E-state index contributed by atoms with van der Waals surface area (Å²) in [5.41, 5.74) is 6.19. The van der Waals surface area contributed by atoms with Gasteiger partial charge in [0.15, 0.2) is 0 Å². The van der Waals surface area contributed by atoms with Gasteiger partial charge in [0.05, 0.1) is 0 Å². The molecular formula is C22H26N2O. The molecule has 0 spiro atoms. The molecule has 0 saturated carbocycles. The average molecular weight is 334 g/mol.